The third-order valence-electron chi connectivity index (χ3n) is 5.86. The second-order valence-electron chi connectivity index (χ2n) is 8.61. The predicted molar refractivity (Wildman–Crippen MR) is 137 cm³/mol. The summed E-state index contributed by atoms with van der Waals surface area (Å²) in [4.78, 5) is 15.8. The topological polar surface area (TPSA) is 32.3 Å². The molecule has 0 bridgehead atoms. The maximum absolute atomic E-state index is 12.0. The predicted octanol–water partition coefficient (Wildman–Crippen LogP) is 7.53. The van der Waals surface area contributed by atoms with Crippen LogP contribution in [-0.2, 0) is 11.3 Å². The molecule has 4 rings (SSSR count). The smallest absolute Gasteiger partial charge is 0.226 e. The fourth-order valence-corrected chi connectivity index (χ4v) is 6.12. The van der Waals surface area contributed by atoms with Crippen LogP contribution < -0.4 is 5.32 Å². The molecule has 1 aromatic heterocycles. The van der Waals surface area contributed by atoms with Gasteiger partial charge in [-0.2, -0.15) is 0 Å². The molecule has 1 N–H and O–H groups in total. The molecule has 1 aliphatic heterocycles. The van der Waals surface area contributed by atoms with E-state index in [1.54, 1.807) is 0 Å². The summed E-state index contributed by atoms with van der Waals surface area (Å²) in [5.41, 5.74) is 3.65. The Morgan fingerprint density at radius 3 is 2.62 bits per heavy atom. The van der Waals surface area contributed by atoms with Crippen molar-refractivity contribution in [3.63, 3.8) is 0 Å². The Bertz CT molecular complexity index is 1040. The van der Waals surface area contributed by atoms with E-state index in [1.807, 2.05) is 55.1 Å². The van der Waals surface area contributed by atoms with Gasteiger partial charge < -0.3 is 5.32 Å². The van der Waals surface area contributed by atoms with Gasteiger partial charge >= 0.3 is 0 Å². The Kier molecular flexibility index (Phi) is 7.95. The van der Waals surface area contributed by atoms with E-state index in [1.165, 1.54) is 20.2 Å². The monoisotopic (exact) mass is 484 g/mol. The molecule has 0 spiro atoms. The molecular formula is C26H29ClN2OS2. The van der Waals surface area contributed by atoms with Crippen molar-refractivity contribution in [2.75, 3.05) is 18.4 Å². The lowest BCUT2D eigenvalue weighted by Gasteiger charge is -2.32. The highest BCUT2D eigenvalue weighted by molar-refractivity contribution is 8.01. The summed E-state index contributed by atoms with van der Waals surface area (Å²) in [5, 5.41) is 6.00. The Hall–Kier alpha value is -1.79. The Labute approximate surface area is 204 Å². The number of hydrogen-bond acceptors (Lipinski definition) is 4. The second kappa shape index (κ2) is 10.9. The summed E-state index contributed by atoms with van der Waals surface area (Å²) in [6.07, 6.45) is 2.29. The zero-order valence-electron chi connectivity index (χ0n) is 18.5. The number of nitrogens with one attached hydrogen (secondary N) is 1. The minimum atomic E-state index is -0.0123. The number of likely N-dealkylation sites (tertiary alicyclic amines) is 1. The Morgan fingerprint density at radius 2 is 1.91 bits per heavy atom. The van der Waals surface area contributed by atoms with Crippen LogP contribution in [0.1, 0.15) is 43.7 Å². The maximum atomic E-state index is 12.0. The molecule has 6 heteroatoms. The lowest BCUT2D eigenvalue weighted by Crippen LogP contribution is -2.32. The van der Waals surface area contributed by atoms with Gasteiger partial charge in [0.15, 0.2) is 0 Å². The van der Waals surface area contributed by atoms with Crippen LogP contribution in [0.2, 0.25) is 5.02 Å². The van der Waals surface area contributed by atoms with Crippen molar-refractivity contribution in [3.8, 4) is 0 Å². The summed E-state index contributed by atoms with van der Waals surface area (Å²) >= 11 is 9.66. The van der Waals surface area contributed by atoms with Crippen LogP contribution in [0, 0.1) is 5.92 Å². The number of piperidine rings is 1. The maximum Gasteiger partial charge on any atom is 0.226 e. The summed E-state index contributed by atoms with van der Waals surface area (Å²) in [5.74, 6) is 0.606. The van der Waals surface area contributed by atoms with E-state index < -0.39 is 0 Å². The zero-order chi connectivity index (χ0) is 22.5. The van der Waals surface area contributed by atoms with E-state index in [0.29, 0.717) is 5.92 Å². The lowest BCUT2D eigenvalue weighted by molar-refractivity contribution is -0.118. The minimum Gasteiger partial charge on any atom is -0.326 e. The summed E-state index contributed by atoms with van der Waals surface area (Å²) in [6, 6.07) is 18.7. The minimum absolute atomic E-state index is 0.0123. The van der Waals surface area contributed by atoms with Crippen molar-refractivity contribution in [1.29, 1.82) is 0 Å². The van der Waals surface area contributed by atoms with Gasteiger partial charge in [0.2, 0.25) is 5.91 Å². The lowest BCUT2D eigenvalue weighted by atomic mass is 9.89. The van der Waals surface area contributed by atoms with E-state index >= 15 is 0 Å². The third-order valence-corrected chi connectivity index (χ3v) is 8.36. The number of carbonyl (C=O) groups excluding carboxylic acids is 1. The fraction of sp³-hybridized carbons (Fsp3) is 0.346. The molecule has 1 amide bonds. The van der Waals surface area contributed by atoms with Gasteiger partial charge in [-0.25, -0.2) is 0 Å². The standard InChI is InChI=1S/C26H29ClN2OS2/c1-18(2)25(30)28-23-5-3-4-20(16-23)19-10-13-29(14-11-19)17-21-12-15-31-26(21)32-24-8-6-22(27)7-9-24/h3-9,12,15-16,18-19H,10-11,13-14,17H2,1-2H3,(H,28,30). The fourth-order valence-electron chi connectivity index (χ4n) is 3.96. The number of anilines is 1. The van der Waals surface area contributed by atoms with Crippen LogP contribution in [-0.4, -0.2) is 23.9 Å². The summed E-state index contributed by atoms with van der Waals surface area (Å²) in [6.45, 7) is 7.02. The molecule has 0 unspecified atom stereocenters. The molecule has 0 saturated carbocycles. The molecule has 1 aliphatic rings. The quantitative estimate of drug-likeness (QED) is 0.376. The largest absolute Gasteiger partial charge is 0.326 e. The molecular weight excluding hydrogens is 456 g/mol. The van der Waals surface area contributed by atoms with Gasteiger partial charge in [0, 0.05) is 28.1 Å². The van der Waals surface area contributed by atoms with Crippen LogP contribution in [0.3, 0.4) is 0 Å². The Morgan fingerprint density at radius 1 is 1.16 bits per heavy atom. The average molecular weight is 485 g/mol. The van der Waals surface area contributed by atoms with Gasteiger partial charge in [-0.1, -0.05) is 49.3 Å². The molecule has 1 fully saturated rings. The Balaban J connectivity index is 1.33. The molecule has 3 aromatic rings. The van der Waals surface area contributed by atoms with Crippen molar-refractivity contribution in [1.82, 2.24) is 4.90 Å². The van der Waals surface area contributed by atoms with Gasteiger partial charge in [0.25, 0.3) is 0 Å². The molecule has 2 aromatic carbocycles. The van der Waals surface area contributed by atoms with Crippen molar-refractivity contribution in [3.05, 3.63) is 76.1 Å². The summed E-state index contributed by atoms with van der Waals surface area (Å²) in [7, 11) is 0. The first-order chi connectivity index (χ1) is 15.5. The first-order valence-electron chi connectivity index (χ1n) is 11.1. The van der Waals surface area contributed by atoms with E-state index in [4.69, 9.17) is 11.6 Å². The molecule has 0 atom stereocenters. The van der Waals surface area contributed by atoms with Gasteiger partial charge in [-0.3, -0.25) is 9.69 Å². The van der Waals surface area contributed by atoms with Gasteiger partial charge in [0.1, 0.15) is 0 Å². The SMILES string of the molecule is CC(C)C(=O)Nc1cccc(C2CCN(Cc3ccsc3Sc3ccc(Cl)cc3)CC2)c1. The van der Waals surface area contributed by atoms with Crippen LogP contribution in [0.25, 0.3) is 0 Å². The van der Waals surface area contributed by atoms with Crippen LogP contribution in [0.4, 0.5) is 5.69 Å². The number of thiophene rings is 1. The second-order valence-corrected chi connectivity index (χ2v) is 11.3. The van der Waals surface area contributed by atoms with Crippen LogP contribution in [0.15, 0.2) is 69.1 Å². The molecule has 0 aliphatic carbocycles. The van der Waals surface area contributed by atoms with E-state index in [0.717, 1.165) is 43.2 Å². The number of halogens is 1. The number of rotatable bonds is 7. The highest BCUT2D eigenvalue weighted by Crippen LogP contribution is 2.37. The molecule has 32 heavy (non-hydrogen) atoms. The number of amides is 1. The number of nitrogens with zero attached hydrogens (tertiary/aromatic N) is 1. The molecule has 1 saturated heterocycles. The van der Waals surface area contributed by atoms with Crippen molar-refractivity contribution in [2.45, 2.75) is 48.3 Å². The normalized spacial score (nSPS) is 15.2. The van der Waals surface area contributed by atoms with Gasteiger partial charge in [-0.05, 0) is 90.8 Å². The number of carbonyl (C=O) groups is 1. The van der Waals surface area contributed by atoms with Crippen molar-refractivity contribution in [2.24, 2.45) is 5.92 Å². The van der Waals surface area contributed by atoms with E-state index in [9.17, 15) is 4.79 Å². The zero-order valence-corrected chi connectivity index (χ0v) is 20.9. The van der Waals surface area contributed by atoms with Gasteiger partial charge in [0.05, 0.1) is 4.21 Å². The average Bonchev–Trinajstić information content (AvgIpc) is 3.22. The molecule has 2 heterocycles. The summed E-state index contributed by atoms with van der Waals surface area (Å²) < 4.78 is 1.36. The van der Waals surface area contributed by atoms with Crippen LogP contribution >= 0.6 is 34.7 Å². The highest BCUT2D eigenvalue weighted by atomic mass is 35.5. The van der Waals surface area contributed by atoms with Crippen molar-refractivity contribution >= 4 is 46.3 Å². The first kappa shape index (κ1) is 23.4. The highest BCUT2D eigenvalue weighted by Gasteiger charge is 2.22. The van der Waals surface area contributed by atoms with Gasteiger partial charge in [-0.15, -0.1) is 11.3 Å². The first-order valence-corrected chi connectivity index (χ1v) is 13.2. The molecule has 3 nitrogen and oxygen atoms in total. The van der Waals surface area contributed by atoms with Crippen molar-refractivity contribution < 1.29 is 4.79 Å². The molecule has 0 radical (unpaired) electrons. The van der Waals surface area contributed by atoms with Crippen LogP contribution in [0.5, 0.6) is 0 Å². The molecule has 168 valence electrons. The van der Waals surface area contributed by atoms with E-state index in [-0.39, 0.29) is 11.8 Å². The van der Waals surface area contributed by atoms with E-state index in [2.05, 4.69) is 52.0 Å². The number of hydrogen-bond donors (Lipinski definition) is 1. The number of benzene rings is 2. The third kappa shape index (κ3) is 6.16.